The highest BCUT2D eigenvalue weighted by atomic mass is 15.3. The van der Waals surface area contributed by atoms with Gasteiger partial charge in [0, 0.05) is 6.04 Å². The number of benzene rings is 1. The van der Waals surface area contributed by atoms with Gasteiger partial charge in [-0.2, -0.15) is 0 Å². The smallest absolute Gasteiger partial charge is 0.150 e. The molecule has 0 saturated heterocycles. The van der Waals surface area contributed by atoms with Crippen LogP contribution < -0.4 is 5.73 Å². The molecule has 0 amide bonds. The van der Waals surface area contributed by atoms with E-state index in [-0.39, 0.29) is 6.04 Å². The molecular formula is C14H20N4. The summed E-state index contributed by atoms with van der Waals surface area (Å²) in [4.78, 5) is 0. The lowest BCUT2D eigenvalue weighted by molar-refractivity contribution is 0.518. The molecule has 2 N–H and O–H groups in total. The molecule has 0 aliphatic heterocycles. The molecule has 0 aliphatic carbocycles. The minimum absolute atomic E-state index is 0.115. The van der Waals surface area contributed by atoms with Crippen molar-refractivity contribution in [3.63, 3.8) is 0 Å². The largest absolute Gasteiger partial charge is 0.321 e. The summed E-state index contributed by atoms with van der Waals surface area (Å²) in [5.41, 5.74) is 7.48. The highest BCUT2D eigenvalue weighted by Crippen LogP contribution is 2.19. The van der Waals surface area contributed by atoms with Gasteiger partial charge in [-0.3, -0.25) is 0 Å². The Balaban J connectivity index is 2.22. The summed E-state index contributed by atoms with van der Waals surface area (Å²) in [6, 6.07) is 10.5. The van der Waals surface area contributed by atoms with Crippen LogP contribution >= 0.6 is 0 Å². The predicted octanol–water partition coefficient (Wildman–Crippen LogP) is 2.41. The number of aromatic nitrogens is 3. The molecule has 0 aliphatic rings. The van der Waals surface area contributed by atoms with Crippen LogP contribution in [0.5, 0.6) is 0 Å². The summed E-state index contributed by atoms with van der Waals surface area (Å²) in [6.45, 7) is 6.20. The van der Waals surface area contributed by atoms with Crippen molar-refractivity contribution in [2.75, 3.05) is 0 Å². The Morgan fingerprint density at radius 2 is 1.83 bits per heavy atom. The molecule has 18 heavy (non-hydrogen) atoms. The van der Waals surface area contributed by atoms with Gasteiger partial charge < -0.3 is 10.3 Å². The van der Waals surface area contributed by atoms with Gasteiger partial charge in [-0.1, -0.05) is 30.3 Å². The third-order valence-corrected chi connectivity index (χ3v) is 3.04. The van der Waals surface area contributed by atoms with Crippen LogP contribution in [0.2, 0.25) is 0 Å². The van der Waals surface area contributed by atoms with Gasteiger partial charge in [0.05, 0.1) is 6.04 Å². The zero-order valence-electron chi connectivity index (χ0n) is 11.2. The van der Waals surface area contributed by atoms with Crippen LogP contribution in [0.4, 0.5) is 0 Å². The first-order valence-electron chi connectivity index (χ1n) is 6.30. The number of hydrogen-bond acceptors (Lipinski definition) is 3. The van der Waals surface area contributed by atoms with Crippen LogP contribution in [0.15, 0.2) is 30.3 Å². The van der Waals surface area contributed by atoms with Crippen molar-refractivity contribution in [2.24, 2.45) is 5.73 Å². The molecule has 1 unspecified atom stereocenters. The Morgan fingerprint density at radius 3 is 2.44 bits per heavy atom. The fraction of sp³-hybridized carbons (Fsp3) is 0.429. The van der Waals surface area contributed by atoms with E-state index < -0.39 is 0 Å². The predicted molar refractivity (Wildman–Crippen MR) is 72.2 cm³/mol. The van der Waals surface area contributed by atoms with Gasteiger partial charge in [-0.25, -0.2) is 0 Å². The first-order chi connectivity index (χ1) is 8.59. The van der Waals surface area contributed by atoms with Gasteiger partial charge >= 0.3 is 0 Å². The van der Waals surface area contributed by atoms with Crippen LogP contribution in [-0.2, 0) is 6.42 Å². The molecule has 1 aromatic carbocycles. The Hall–Kier alpha value is -1.68. The quantitative estimate of drug-likeness (QED) is 0.898. The fourth-order valence-corrected chi connectivity index (χ4v) is 2.24. The fourth-order valence-electron chi connectivity index (χ4n) is 2.24. The molecule has 0 spiro atoms. The average molecular weight is 244 g/mol. The van der Waals surface area contributed by atoms with Crippen LogP contribution in [0.1, 0.15) is 43.1 Å². The summed E-state index contributed by atoms with van der Waals surface area (Å²) in [5, 5.41) is 8.35. The molecule has 4 nitrogen and oxygen atoms in total. The van der Waals surface area contributed by atoms with E-state index in [0.717, 1.165) is 18.1 Å². The lowest BCUT2D eigenvalue weighted by Crippen LogP contribution is -2.20. The van der Waals surface area contributed by atoms with Crippen molar-refractivity contribution in [3.05, 3.63) is 47.5 Å². The first-order valence-corrected chi connectivity index (χ1v) is 6.30. The molecule has 4 heteroatoms. The van der Waals surface area contributed by atoms with Crippen LogP contribution in [0.3, 0.4) is 0 Å². The van der Waals surface area contributed by atoms with Gasteiger partial charge in [-0.05, 0) is 32.8 Å². The first kappa shape index (κ1) is 12.8. The molecular weight excluding hydrogens is 224 g/mol. The van der Waals surface area contributed by atoms with E-state index in [9.17, 15) is 0 Å². The standard InChI is InChI=1S/C14H20N4/c1-10(2)18-11(3)16-17-14(18)13(15)9-12-7-5-4-6-8-12/h4-8,10,13H,9,15H2,1-3H3. The van der Waals surface area contributed by atoms with Crippen molar-refractivity contribution in [2.45, 2.75) is 39.3 Å². The van der Waals surface area contributed by atoms with Crippen molar-refractivity contribution in [1.82, 2.24) is 14.8 Å². The number of rotatable bonds is 4. The van der Waals surface area contributed by atoms with E-state index in [1.807, 2.05) is 25.1 Å². The second-order valence-corrected chi connectivity index (χ2v) is 4.87. The highest BCUT2D eigenvalue weighted by Gasteiger charge is 2.18. The van der Waals surface area contributed by atoms with Gasteiger partial charge in [-0.15, -0.1) is 10.2 Å². The molecule has 1 heterocycles. The molecule has 2 rings (SSSR count). The highest BCUT2D eigenvalue weighted by molar-refractivity contribution is 5.17. The van der Waals surface area contributed by atoms with Gasteiger partial charge in [0.25, 0.3) is 0 Å². The second-order valence-electron chi connectivity index (χ2n) is 4.87. The van der Waals surface area contributed by atoms with Crippen molar-refractivity contribution < 1.29 is 0 Å². The maximum atomic E-state index is 6.26. The number of aryl methyl sites for hydroxylation is 1. The molecule has 0 bridgehead atoms. The Morgan fingerprint density at radius 1 is 1.17 bits per heavy atom. The molecule has 0 saturated carbocycles. The Bertz CT molecular complexity index is 502. The van der Waals surface area contributed by atoms with Gasteiger partial charge in [0.1, 0.15) is 5.82 Å². The van der Waals surface area contributed by atoms with Crippen molar-refractivity contribution in [1.29, 1.82) is 0 Å². The van der Waals surface area contributed by atoms with Crippen LogP contribution in [-0.4, -0.2) is 14.8 Å². The van der Waals surface area contributed by atoms with E-state index in [4.69, 9.17) is 5.73 Å². The SMILES string of the molecule is Cc1nnc(C(N)Cc2ccccc2)n1C(C)C. The summed E-state index contributed by atoms with van der Waals surface area (Å²) in [7, 11) is 0. The summed E-state index contributed by atoms with van der Waals surface area (Å²) < 4.78 is 2.10. The summed E-state index contributed by atoms with van der Waals surface area (Å²) in [6.07, 6.45) is 0.783. The van der Waals surface area contributed by atoms with Crippen LogP contribution in [0.25, 0.3) is 0 Å². The van der Waals surface area contributed by atoms with E-state index in [1.165, 1.54) is 5.56 Å². The van der Waals surface area contributed by atoms with Crippen molar-refractivity contribution in [3.8, 4) is 0 Å². The molecule has 1 atom stereocenters. The zero-order chi connectivity index (χ0) is 13.1. The monoisotopic (exact) mass is 244 g/mol. The van der Waals surface area contributed by atoms with Crippen molar-refractivity contribution >= 4 is 0 Å². The van der Waals surface area contributed by atoms with E-state index in [2.05, 4.69) is 40.7 Å². The lowest BCUT2D eigenvalue weighted by atomic mass is 10.1. The number of hydrogen-bond donors (Lipinski definition) is 1. The third-order valence-electron chi connectivity index (χ3n) is 3.04. The number of nitrogens with zero attached hydrogens (tertiary/aromatic N) is 3. The molecule has 1 aromatic heterocycles. The third kappa shape index (κ3) is 2.59. The Kier molecular flexibility index (Phi) is 3.77. The van der Waals surface area contributed by atoms with Gasteiger partial charge in [0.2, 0.25) is 0 Å². The summed E-state index contributed by atoms with van der Waals surface area (Å²) >= 11 is 0. The summed E-state index contributed by atoms with van der Waals surface area (Å²) in [5.74, 6) is 1.79. The zero-order valence-corrected chi connectivity index (χ0v) is 11.2. The topological polar surface area (TPSA) is 56.7 Å². The van der Waals surface area contributed by atoms with E-state index >= 15 is 0 Å². The minimum atomic E-state index is -0.115. The molecule has 2 aromatic rings. The lowest BCUT2D eigenvalue weighted by Gasteiger charge is -2.17. The minimum Gasteiger partial charge on any atom is -0.321 e. The Labute approximate surface area is 108 Å². The molecule has 96 valence electrons. The maximum Gasteiger partial charge on any atom is 0.150 e. The molecule has 0 fully saturated rings. The van der Waals surface area contributed by atoms with Gasteiger partial charge in [0.15, 0.2) is 5.82 Å². The second kappa shape index (κ2) is 5.31. The number of nitrogens with two attached hydrogens (primary N) is 1. The normalized spacial score (nSPS) is 12.9. The maximum absolute atomic E-state index is 6.26. The molecule has 0 radical (unpaired) electrons. The van der Waals surface area contributed by atoms with Crippen LogP contribution in [0, 0.1) is 6.92 Å². The average Bonchev–Trinajstić information content (AvgIpc) is 2.72. The van der Waals surface area contributed by atoms with E-state index in [1.54, 1.807) is 0 Å². The van der Waals surface area contributed by atoms with E-state index in [0.29, 0.717) is 6.04 Å².